The summed E-state index contributed by atoms with van der Waals surface area (Å²) < 4.78 is 11.1. The van der Waals surface area contributed by atoms with Gasteiger partial charge in [-0.05, 0) is 79.5 Å². The number of hydrogen-bond acceptors (Lipinski definition) is 6. The van der Waals surface area contributed by atoms with Crippen LogP contribution in [0.2, 0.25) is 0 Å². The van der Waals surface area contributed by atoms with Crippen LogP contribution in [-0.2, 0) is 12.8 Å². The lowest BCUT2D eigenvalue weighted by Crippen LogP contribution is -2.46. The number of aromatic amines is 1. The first-order valence-electron chi connectivity index (χ1n) is 13.3. The van der Waals surface area contributed by atoms with Crippen LogP contribution in [0.25, 0.3) is 10.9 Å². The molecule has 0 radical (unpaired) electrons. The molecule has 0 spiro atoms. The van der Waals surface area contributed by atoms with Crippen molar-refractivity contribution in [3.8, 4) is 23.0 Å². The van der Waals surface area contributed by atoms with Crippen molar-refractivity contribution in [3.63, 3.8) is 0 Å². The fraction of sp³-hybridized carbons (Fsp3) is 0.517. The summed E-state index contributed by atoms with van der Waals surface area (Å²) in [6, 6.07) is 8.28. The predicted octanol–water partition coefficient (Wildman–Crippen LogP) is 4.82. The molecule has 6 rings (SSSR count). The standard InChI is InChI=1S/C29H37N3O4/c1-4-16-15-32-10-8-20-22(14-26(35-2)29(36-3)28(20)34)25(32)12-17(16)11-24-27-19(7-9-30-24)21-13-18(33)5-6-23(21)31-27/h5-6,13-14,16-17,24-25,30-31,33-34H,4,7-12,15H2,1-3H3/t16-,17-,24+,25-/m0/s1. The number of ether oxygens (including phenoxy) is 2. The number of H-pyrrole nitrogens is 1. The molecule has 192 valence electrons. The summed E-state index contributed by atoms with van der Waals surface area (Å²) in [7, 11) is 3.21. The molecule has 3 aliphatic heterocycles. The van der Waals surface area contributed by atoms with Crippen molar-refractivity contribution < 1.29 is 19.7 Å². The second-order valence-electron chi connectivity index (χ2n) is 10.7. The zero-order chi connectivity index (χ0) is 25.0. The normalized spacial score (nSPS) is 25.8. The minimum atomic E-state index is 0.237. The molecule has 0 saturated carbocycles. The van der Waals surface area contributed by atoms with Gasteiger partial charge in [0.2, 0.25) is 5.75 Å². The van der Waals surface area contributed by atoms with Gasteiger partial charge in [-0.3, -0.25) is 4.90 Å². The number of rotatable bonds is 5. The van der Waals surface area contributed by atoms with Crippen LogP contribution in [0, 0.1) is 11.8 Å². The van der Waals surface area contributed by atoms with E-state index in [0.717, 1.165) is 68.2 Å². The van der Waals surface area contributed by atoms with Gasteiger partial charge in [0.25, 0.3) is 0 Å². The quantitative estimate of drug-likeness (QED) is 0.409. The maximum Gasteiger partial charge on any atom is 0.203 e. The molecule has 0 aliphatic carbocycles. The molecule has 7 nitrogen and oxygen atoms in total. The molecule has 2 aromatic carbocycles. The van der Waals surface area contributed by atoms with Gasteiger partial charge in [0, 0.05) is 47.3 Å². The van der Waals surface area contributed by atoms with Crippen LogP contribution in [0.5, 0.6) is 23.0 Å². The van der Waals surface area contributed by atoms with Crippen LogP contribution in [0.15, 0.2) is 24.3 Å². The van der Waals surface area contributed by atoms with Gasteiger partial charge in [-0.25, -0.2) is 0 Å². The Morgan fingerprint density at radius 1 is 1.06 bits per heavy atom. The van der Waals surface area contributed by atoms with Crippen molar-refractivity contribution in [2.75, 3.05) is 33.9 Å². The summed E-state index contributed by atoms with van der Waals surface area (Å²) in [5.41, 5.74) is 5.93. The summed E-state index contributed by atoms with van der Waals surface area (Å²) in [4.78, 5) is 6.29. The molecule has 0 bridgehead atoms. The van der Waals surface area contributed by atoms with Crippen molar-refractivity contribution in [2.24, 2.45) is 11.8 Å². The van der Waals surface area contributed by atoms with Gasteiger partial charge in [0.1, 0.15) is 5.75 Å². The van der Waals surface area contributed by atoms with Crippen LogP contribution >= 0.6 is 0 Å². The molecule has 7 heteroatoms. The molecule has 0 amide bonds. The number of aromatic hydroxyl groups is 2. The molecule has 0 unspecified atom stereocenters. The van der Waals surface area contributed by atoms with E-state index >= 15 is 0 Å². The number of piperidine rings is 1. The minimum Gasteiger partial charge on any atom is -0.508 e. The second-order valence-corrected chi connectivity index (χ2v) is 10.7. The highest BCUT2D eigenvalue weighted by Gasteiger charge is 2.41. The number of nitrogens with one attached hydrogen (secondary N) is 2. The van der Waals surface area contributed by atoms with Gasteiger partial charge in [-0.1, -0.05) is 13.3 Å². The average Bonchev–Trinajstić information content (AvgIpc) is 3.26. The first-order valence-corrected chi connectivity index (χ1v) is 13.3. The SMILES string of the molecule is CC[C@H]1CN2CCc3c(cc(OC)c(OC)c3O)[C@@H]2C[C@@H]1C[C@H]1NCCc2c1[nH]c1ccc(O)cc21. The maximum absolute atomic E-state index is 11.0. The number of fused-ring (bicyclic) bond motifs is 6. The highest BCUT2D eigenvalue weighted by molar-refractivity contribution is 5.86. The lowest BCUT2D eigenvalue weighted by Gasteiger charge is -2.48. The average molecular weight is 492 g/mol. The number of phenols is 2. The van der Waals surface area contributed by atoms with Crippen molar-refractivity contribution in [1.82, 2.24) is 15.2 Å². The second kappa shape index (κ2) is 9.20. The third-order valence-corrected chi connectivity index (χ3v) is 8.99. The van der Waals surface area contributed by atoms with Crippen LogP contribution < -0.4 is 14.8 Å². The van der Waals surface area contributed by atoms with Gasteiger partial charge in [0.15, 0.2) is 11.5 Å². The van der Waals surface area contributed by atoms with E-state index in [9.17, 15) is 10.2 Å². The topological polar surface area (TPSA) is 90.0 Å². The summed E-state index contributed by atoms with van der Waals surface area (Å²) in [5, 5.41) is 26.0. The summed E-state index contributed by atoms with van der Waals surface area (Å²) >= 11 is 0. The largest absolute Gasteiger partial charge is 0.508 e. The fourth-order valence-electron chi connectivity index (χ4n) is 7.18. The molecule has 36 heavy (non-hydrogen) atoms. The molecule has 4 atom stereocenters. The van der Waals surface area contributed by atoms with E-state index in [1.807, 2.05) is 12.1 Å². The van der Waals surface area contributed by atoms with Crippen LogP contribution in [0.3, 0.4) is 0 Å². The number of aromatic nitrogens is 1. The van der Waals surface area contributed by atoms with E-state index in [4.69, 9.17) is 9.47 Å². The molecule has 4 heterocycles. The molecule has 1 aromatic heterocycles. The first-order chi connectivity index (χ1) is 17.5. The van der Waals surface area contributed by atoms with E-state index in [1.165, 1.54) is 16.8 Å². The zero-order valence-corrected chi connectivity index (χ0v) is 21.4. The summed E-state index contributed by atoms with van der Waals surface area (Å²) in [6.07, 6.45) is 5.10. The number of phenolic OH excluding ortho intramolecular Hbond substituents is 2. The zero-order valence-electron chi connectivity index (χ0n) is 21.4. The smallest absolute Gasteiger partial charge is 0.203 e. The number of methoxy groups -OCH3 is 2. The van der Waals surface area contributed by atoms with Crippen molar-refractivity contribution >= 4 is 10.9 Å². The van der Waals surface area contributed by atoms with Gasteiger partial charge in [-0.15, -0.1) is 0 Å². The lowest BCUT2D eigenvalue weighted by atomic mass is 9.72. The van der Waals surface area contributed by atoms with Crippen LogP contribution in [0.1, 0.15) is 60.7 Å². The number of hydrogen-bond donors (Lipinski definition) is 4. The Balaban J connectivity index is 1.32. The predicted molar refractivity (Wildman–Crippen MR) is 140 cm³/mol. The van der Waals surface area contributed by atoms with E-state index in [-0.39, 0.29) is 17.8 Å². The van der Waals surface area contributed by atoms with Crippen molar-refractivity contribution in [2.45, 2.75) is 51.1 Å². The molecule has 1 saturated heterocycles. The Hall–Kier alpha value is -2.90. The molecule has 1 fully saturated rings. The van der Waals surface area contributed by atoms with Crippen molar-refractivity contribution in [3.05, 3.63) is 46.6 Å². The molecule has 3 aliphatic rings. The summed E-state index contributed by atoms with van der Waals surface area (Å²) in [6.45, 7) is 5.32. The molecular weight excluding hydrogens is 454 g/mol. The highest BCUT2D eigenvalue weighted by Crippen LogP contribution is 2.51. The van der Waals surface area contributed by atoms with E-state index in [2.05, 4.69) is 28.2 Å². The van der Waals surface area contributed by atoms with Gasteiger partial charge < -0.3 is 30.0 Å². The Bertz CT molecular complexity index is 1290. The number of nitrogens with zero attached hydrogens (tertiary/aromatic N) is 1. The minimum absolute atomic E-state index is 0.237. The van der Waals surface area contributed by atoms with Crippen LogP contribution in [0.4, 0.5) is 0 Å². The fourth-order valence-corrected chi connectivity index (χ4v) is 7.18. The third-order valence-electron chi connectivity index (χ3n) is 8.99. The third kappa shape index (κ3) is 3.71. The monoisotopic (exact) mass is 491 g/mol. The Labute approximate surface area is 212 Å². The van der Waals surface area contributed by atoms with Crippen molar-refractivity contribution in [1.29, 1.82) is 0 Å². The number of benzene rings is 2. The van der Waals surface area contributed by atoms with Gasteiger partial charge >= 0.3 is 0 Å². The van der Waals surface area contributed by atoms with Crippen LogP contribution in [-0.4, -0.2) is 54.0 Å². The van der Waals surface area contributed by atoms with Gasteiger partial charge in [-0.2, -0.15) is 0 Å². The Kier molecular flexibility index (Phi) is 6.00. The Morgan fingerprint density at radius 2 is 1.92 bits per heavy atom. The first kappa shape index (κ1) is 23.5. The van der Waals surface area contributed by atoms with Gasteiger partial charge in [0.05, 0.1) is 14.2 Å². The summed E-state index contributed by atoms with van der Waals surface area (Å²) in [5.74, 6) is 2.79. The lowest BCUT2D eigenvalue weighted by molar-refractivity contribution is 0.0428. The van der Waals surface area contributed by atoms with E-state index in [0.29, 0.717) is 29.1 Å². The van der Waals surface area contributed by atoms with E-state index < -0.39 is 0 Å². The molecular formula is C29H37N3O4. The highest BCUT2D eigenvalue weighted by atomic mass is 16.5. The maximum atomic E-state index is 11.0. The molecule has 4 N–H and O–H groups in total. The molecule has 3 aromatic rings. The Morgan fingerprint density at radius 3 is 2.69 bits per heavy atom. The van der Waals surface area contributed by atoms with E-state index in [1.54, 1.807) is 20.3 Å².